The number of aliphatic hydroxyl groups is 2. The van der Waals surface area contributed by atoms with Crippen LogP contribution in [0.2, 0.25) is 0 Å². The minimum atomic E-state index is -1.32. The molecule has 4 N–H and O–H groups in total. The van der Waals surface area contributed by atoms with Crippen molar-refractivity contribution in [2.24, 2.45) is 5.73 Å². The summed E-state index contributed by atoms with van der Waals surface area (Å²) in [7, 11) is 0. The second kappa shape index (κ2) is 2.40. The molecule has 6 heteroatoms. The third kappa shape index (κ3) is 0.862. The minimum absolute atomic E-state index is 0.720. The molecule has 5 atom stereocenters. The number of aliphatic hydroxyl groups excluding tert-OH is 2. The smallest absolute Gasteiger partial charge is 0.338 e. The summed E-state index contributed by atoms with van der Waals surface area (Å²) in [5.74, 6) is -0.743. The van der Waals surface area contributed by atoms with Crippen molar-refractivity contribution in [1.82, 2.24) is 0 Å². The van der Waals surface area contributed by atoms with Gasteiger partial charge in [-0.2, -0.15) is 0 Å². The molecule has 0 aliphatic carbocycles. The first-order chi connectivity index (χ1) is 5.61. The third-order valence-electron chi connectivity index (χ3n) is 2.13. The predicted octanol–water partition coefficient (Wildman–Crippen LogP) is -2.68. The maximum atomic E-state index is 10.8. The van der Waals surface area contributed by atoms with Crippen LogP contribution in [0.4, 0.5) is 0 Å². The fraction of sp³-hybridized carbons (Fsp3) is 0.833. The fourth-order valence-electron chi connectivity index (χ4n) is 1.45. The molecule has 0 amide bonds. The van der Waals surface area contributed by atoms with Gasteiger partial charge >= 0.3 is 5.97 Å². The molecule has 0 saturated carbocycles. The maximum absolute atomic E-state index is 10.8. The van der Waals surface area contributed by atoms with Crippen molar-refractivity contribution in [2.75, 3.05) is 0 Å². The van der Waals surface area contributed by atoms with E-state index in [0.717, 1.165) is 0 Å². The second-order valence-electron chi connectivity index (χ2n) is 2.91. The highest BCUT2D eigenvalue weighted by molar-refractivity contribution is 5.78. The van der Waals surface area contributed by atoms with E-state index in [-0.39, 0.29) is 0 Å². The lowest BCUT2D eigenvalue weighted by atomic mass is 10.1. The zero-order valence-corrected chi connectivity index (χ0v) is 6.08. The fourth-order valence-corrected chi connectivity index (χ4v) is 1.45. The van der Waals surface area contributed by atoms with Gasteiger partial charge in [-0.05, 0) is 0 Å². The number of fused-ring (bicyclic) bond motifs is 1. The molecule has 2 aliphatic heterocycles. The highest BCUT2D eigenvalue weighted by Crippen LogP contribution is 2.29. The van der Waals surface area contributed by atoms with E-state index in [1.165, 1.54) is 0 Å². The van der Waals surface area contributed by atoms with Crippen molar-refractivity contribution in [3.63, 3.8) is 0 Å². The van der Waals surface area contributed by atoms with E-state index >= 15 is 0 Å². The van der Waals surface area contributed by atoms with Gasteiger partial charge in [0.1, 0.15) is 6.10 Å². The van der Waals surface area contributed by atoms with Gasteiger partial charge in [0.05, 0.1) is 6.04 Å². The number of carbonyl (C=O) groups is 1. The SMILES string of the molecule is NC1C(O)OC2C(O)C(=O)OC12. The Morgan fingerprint density at radius 1 is 1.33 bits per heavy atom. The number of rotatable bonds is 0. The average Bonchev–Trinajstić information content (AvgIpc) is 2.43. The van der Waals surface area contributed by atoms with Gasteiger partial charge in [-0.3, -0.25) is 0 Å². The van der Waals surface area contributed by atoms with E-state index in [9.17, 15) is 4.79 Å². The molecule has 5 unspecified atom stereocenters. The van der Waals surface area contributed by atoms with E-state index in [1.807, 2.05) is 0 Å². The number of hydrogen-bond acceptors (Lipinski definition) is 6. The molecular formula is C6H9NO5. The van der Waals surface area contributed by atoms with Crippen LogP contribution in [0, 0.1) is 0 Å². The Hall–Kier alpha value is -0.690. The molecule has 2 fully saturated rings. The molecule has 0 spiro atoms. The van der Waals surface area contributed by atoms with Crippen LogP contribution in [0.5, 0.6) is 0 Å². The average molecular weight is 175 g/mol. The van der Waals surface area contributed by atoms with E-state index < -0.39 is 36.6 Å². The first kappa shape index (κ1) is 7.93. The van der Waals surface area contributed by atoms with Crippen LogP contribution >= 0.6 is 0 Å². The molecule has 0 aromatic carbocycles. The number of nitrogens with two attached hydrogens (primary N) is 1. The Morgan fingerprint density at radius 2 is 2.00 bits per heavy atom. The van der Waals surface area contributed by atoms with E-state index in [1.54, 1.807) is 0 Å². The van der Waals surface area contributed by atoms with Crippen molar-refractivity contribution in [1.29, 1.82) is 0 Å². The van der Waals surface area contributed by atoms with Crippen LogP contribution in [0.3, 0.4) is 0 Å². The quantitative estimate of drug-likeness (QED) is 0.347. The van der Waals surface area contributed by atoms with Crippen molar-refractivity contribution in [3.05, 3.63) is 0 Å². The Bertz CT molecular complexity index is 220. The number of hydrogen-bond donors (Lipinski definition) is 3. The molecule has 2 aliphatic rings. The van der Waals surface area contributed by atoms with Crippen molar-refractivity contribution >= 4 is 5.97 Å². The molecular weight excluding hydrogens is 166 g/mol. The van der Waals surface area contributed by atoms with Crippen molar-refractivity contribution in [3.8, 4) is 0 Å². The molecule has 6 nitrogen and oxygen atoms in total. The van der Waals surface area contributed by atoms with Crippen molar-refractivity contribution < 1.29 is 24.5 Å². The Kier molecular flexibility index (Phi) is 1.58. The summed E-state index contributed by atoms with van der Waals surface area (Å²) in [6, 6.07) is -0.768. The number of carbonyl (C=O) groups excluding carboxylic acids is 1. The lowest BCUT2D eigenvalue weighted by Crippen LogP contribution is -2.40. The van der Waals surface area contributed by atoms with E-state index in [2.05, 4.69) is 4.74 Å². The molecule has 0 aromatic rings. The topological polar surface area (TPSA) is 102 Å². The summed E-state index contributed by atoms with van der Waals surface area (Å²) in [4.78, 5) is 10.8. The van der Waals surface area contributed by atoms with Gasteiger partial charge < -0.3 is 25.4 Å². The van der Waals surface area contributed by atoms with Crippen LogP contribution in [0.15, 0.2) is 0 Å². The largest absolute Gasteiger partial charge is 0.456 e. The summed E-state index contributed by atoms with van der Waals surface area (Å²) in [5, 5.41) is 18.2. The van der Waals surface area contributed by atoms with Crippen LogP contribution in [-0.2, 0) is 14.3 Å². The van der Waals surface area contributed by atoms with Gasteiger partial charge in [0.25, 0.3) is 0 Å². The van der Waals surface area contributed by atoms with Gasteiger partial charge in [0.2, 0.25) is 0 Å². The Morgan fingerprint density at radius 3 is 2.58 bits per heavy atom. The van der Waals surface area contributed by atoms with Gasteiger partial charge in [-0.15, -0.1) is 0 Å². The van der Waals surface area contributed by atoms with Gasteiger partial charge in [0, 0.05) is 0 Å². The lowest BCUT2D eigenvalue weighted by Gasteiger charge is -2.11. The third-order valence-corrected chi connectivity index (χ3v) is 2.13. The van der Waals surface area contributed by atoms with Crippen LogP contribution < -0.4 is 5.73 Å². The normalized spacial score (nSPS) is 52.2. The molecule has 68 valence electrons. The molecule has 2 saturated heterocycles. The summed E-state index contributed by atoms with van der Waals surface area (Å²) in [5.41, 5.74) is 5.42. The molecule has 2 rings (SSSR count). The summed E-state index contributed by atoms with van der Waals surface area (Å²) < 4.78 is 9.50. The standard InChI is InChI=1S/C6H9NO5/c7-1-3-4(12-5(1)9)2(8)6(10)11-3/h1-5,8-9H,7H2. The number of ether oxygens (including phenoxy) is 2. The lowest BCUT2D eigenvalue weighted by molar-refractivity contribution is -0.155. The second-order valence-corrected chi connectivity index (χ2v) is 2.91. The molecule has 2 heterocycles. The Labute approximate surface area is 67.9 Å². The van der Waals surface area contributed by atoms with Crippen LogP contribution in [0.1, 0.15) is 0 Å². The number of esters is 1. The predicted molar refractivity (Wildman–Crippen MR) is 34.7 cm³/mol. The molecule has 12 heavy (non-hydrogen) atoms. The van der Waals surface area contributed by atoms with Gasteiger partial charge in [-0.25, -0.2) is 4.79 Å². The highest BCUT2D eigenvalue weighted by Gasteiger charge is 2.55. The van der Waals surface area contributed by atoms with E-state index in [0.29, 0.717) is 0 Å². The minimum Gasteiger partial charge on any atom is -0.456 e. The maximum Gasteiger partial charge on any atom is 0.338 e. The zero-order valence-electron chi connectivity index (χ0n) is 6.08. The molecule has 0 bridgehead atoms. The summed E-state index contributed by atoms with van der Waals surface area (Å²) >= 11 is 0. The van der Waals surface area contributed by atoms with Crippen LogP contribution in [0.25, 0.3) is 0 Å². The first-order valence-corrected chi connectivity index (χ1v) is 3.59. The molecule has 0 aromatic heterocycles. The van der Waals surface area contributed by atoms with Crippen LogP contribution in [-0.4, -0.2) is 46.8 Å². The summed E-state index contributed by atoms with van der Waals surface area (Å²) in [6.07, 6.45) is -4.02. The zero-order chi connectivity index (χ0) is 8.88. The highest BCUT2D eigenvalue weighted by atomic mass is 16.7. The first-order valence-electron chi connectivity index (χ1n) is 3.59. The van der Waals surface area contributed by atoms with Crippen molar-refractivity contribution in [2.45, 2.75) is 30.6 Å². The monoisotopic (exact) mass is 175 g/mol. The Balaban J connectivity index is 2.19. The van der Waals surface area contributed by atoms with E-state index in [4.69, 9.17) is 20.7 Å². The molecule has 0 radical (unpaired) electrons. The summed E-state index contributed by atoms with van der Waals surface area (Å²) in [6.45, 7) is 0. The van der Waals surface area contributed by atoms with Gasteiger partial charge in [0.15, 0.2) is 18.5 Å². The van der Waals surface area contributed by atoms with Gasteiger partial charge in [-0.1, -0.05) is 0 Å².